The van der Waals surface area contributed by atoms with E-state index < -0.39 is 28.3 Å². The second-order valence-corrected chi connectivity index (χ2v) is 11.5. The Labute approximate surface area is 227 Å². The number of hydrogen-bond acceptors (Lipinski definition) is 7. The summed E-state index contributed by atoms with van der Waals surface area (Å²) < 4.78 is 39.5. The van der Waals surface area contributed by atoms with Crippen molar-refractivity contribution in [3.8, 4) is 17.2 Å². The summed E-state index contributed by atoms with van der Waals surface area (Å²) >= 11 is 0. The minimum Gasteiger partial charge on any atom is -0.485 e. The maximum Gasteiger partial charge on any atom is 0.265 e. The van der Waals surface area contributed by atoms with Gasteiger partial charge in [0.05, 0.1) is 28.8 Å². The summed E-state index contributed by atoms with van der Waals surface area (Å²) in [5, 5.41) is 9.57. The molecule has 1 aliphatic carbocycles. The van der Waals surface area contributed by atoms with Gasteiger partial charge >= 0.3 is 0 Å². The van der Waals surface area contributed by atoms with Crippen LogP contribution >= 0.6 is 0 Å². The van der Waals surface area contributed by atoms with E-state index in [0.717, 1.165) is 40.9 Å². The lowest BCUT2D eigenvalue weighted by Crippen LogP contribution is -2.33. The number of amides is 1. The first kappa shape index (κ1) is 26.6. The molecular weight excluding hydrogens is 516 g/mol. The molecule has 2 aromatic heterocycles. The molecule has 1 aliphatic rings. The molecule has 0 saturated heterocycles. The van der Waals surface area contributed by atoms with Gasteiger partial charge in [0.1, 0.15) is 23.3 Å². The van der Waals surface area contributed by atoms with E-state index in [1.807, 2.05) is 63.2 Å². The van der Waals surface area contributed by atoms with Crippen molar-refractivity contribution in [2.75, 3.05) is 12.4 Å². The summed E-state index contributed by atoms with van der Waals surface area (Å²) in [5.74, 6) is 0.253. The van der Waals surface area contributed by atoms with E-state index in [2.05, 4.69) is 10.8 Å². The number of ether oxygens (including phenoxy) is 1. The molecule has 2 N–H and O–H groups in total. The monoisotopic (exact) mass is 546 g/mol. The molecule has 0 bridgehead atoms. The zero-order valence-corrected chi connectivity index (χ0v) is 22.8. The summed E-state index contributed by atoms with van der Waals surface area (Å²) in [7, 11) is -4.07. The Balaban J connectivity index is 1.70. The van der Waals surface area contributed by atoms with Crippen LogP contribution in [0.5, 0.6) is 5.75 Å². The summed E-state index contributed by atoms with van der Waals surface area (Å²) in [6.45, 7) is 5.12. The van der Waals surface area contributed by atoms with Gasteiger partial charge in [-0.1, -0.05) is 42.5 Å². The molecule has 0 saturated carbocycles. The molecule has 0 aliphatic heterocycles. The quantitative estimate of drug-likeness (QED) is 0.309. The van der Waals surface area contributed by atoms with Crippen molar-refractivity contribution in [2.24, 2.45) is 0 Å². The average molecular weight is 547 g/mol. The maximum absolute atomic E-state index is 13.5. The Hall–Kier alpha value is -3.95. The van der Waals surface area contributed by atoms with E-state index >= 15 is 0 Å². The first-order valence-corrected chi connectivity index (χ1v) is 14.4. The van der Waals surface area contributed by atoms with Crippen LogP contribution in [0, 0.1) is 13.8 Å². The van der Waals surface area contributed by atoms with E-state index in [4.69, 9.17) is 14.1 Å². The molecule has 0 spiro atoms. The van der Waals surface area contributed by atoms with E-state index in [0.29, 0.717) is 28.1 Å². The number of aliphatic hydroxyl groups is 1. The summed E-state index contributed by atoms with van der Waals surface area (Å²) in [4.78, 5) is 18.4. The van der Waals surface area contributed by atoms with E-state index in [1.54, 1.807) is 12.1 Å². The van der Waals surface area contributed by atoms with Crippen LogP contribution in [0.4, 0.5) is 0 Å². The first-order valence-electron chi connectivity index (χ1n) is 12.8. The van der Waals surface area contributed by atoms with Crippen molar-refractivity contribution in [3.63, 3.8) is 0 Å². The van der Waals surface area contributed by atoms with Crippen LogP contribution in [0.2, 0.25) is 0 Å². The first-order chi connectivity index (χ1) is 18.7. The van der Waals surface area contributed by atoms with Crippen LogP contribution in [0.1, 0.15) is 57.8 Å². The largest absolute Gasteiger partial charge is 0.485 e. The van der Waals surface area contributed by atoms with E-state index in [-0.39, 0.29) is 11.7 Å². The molecule has 202 valence electrons. The molecule has 8 nitrogen and oxygen atoms in total. The molecule has 2 heterocycles. The molecule has 1 amide bonds. The molecule has 2 aromatic carbocycles. The topological polar surface area (TPSA) is 119 Å². The second-order valence-electron chi connectivity index (χ2n) is 9.64. The summed E-state index contributed by atoms with van der Waals surface area (Å²) in [5.41, 5.74) is 4.76. The highest BCUT2D eigenvalue weighted by Crippen LogP contribution is 2.39. The van der Waals surface area contributed by atoms with Crippen LogP contribution in [-0.2, 0) is 16.4 Å². The van der Waals surface area contributed by atoms with Gasteiger partial charge in [0.2, 0.25) is 10.0 Å². The number of sulfonamides is 1. The minimum atomic E-state index is -4.07. The van der Waals surface area contributed by atoms with Crippen LogP contribution in [0.3, 0.4) is 0 Å². The van der Waals surface area contributed by atoms with Crippen LogP contribution in [0.25, 0.3) is 28.4 Å². The van der Waals surface area contributed by atoms with Gasteiger partial charge in [0.25, 0.3) is 5.91 Å². The lowest BCUT2D eigenvalue weighted by atomic mass is 9.98. The third kappa shape index (κ3) is 5.32. The normalized spacial score (nSPS) is 13.7. The fraction of sp³-hybridized carbons (Fsp3) is 0.267. The number of benzene rings is 2. The number of aromatic nitrogens is 1. The Bertz CT molecular complexity index is 1690. The van der Waals surface area contributed by atoms with Gasteiger partial charge in [-0.15, -0.1) is 0 Å². The zero-order chi connectivity index (χ0) is 27.7. The number of rotatable bonds is 8. The van der Waals surface area contributed by atoms with Crippen LogP contribution in [-0.4, -0.2) is 36.8 Å². The van der Waals surface area contributed by atoms with Crippen molar-refractivity contribution in [2.45, 2.75) is 39.7 Å². The molecule has 1 atom stereocenters. The van der Waals surface area contributed by atoms with Gasteiger partial charge in [-0.25, -0.2) is 18.1 Å². The smallest absolute Gasteiger partial charge is 0.265 e. The Morgan fingerprint density at radius 3 is 2.67 bits per heavy atom. The molecule has 1 unspecified atom stereocenters. The van der Waals surface area contributed by atoms with Gasteiger partial charge in [-0.3, -0.25) is 4.79 Å². The van der Waals surface area contributed by atoms with Gasteiger partial charge < -0.3 is 14.3 Å². The number of carbonyl (C=O) groups is 1. The molecule has 4 aromatic rings. The third-order valence-electron chi connectivity index (χ3n) is 6.92. The number of furan rings is 1. The van der Waals surface area contributed by atoms with Gasteiger partial charge in [0, 0.05) is 11.1 Å². The summed E-state index contributed by atoms with van der Waals surface area (Å²) in [6.07, 6.45) is 5.39. The van der Waals surface area contributed by atoms with Crippen molar-refractivity contribution < 1.29 is 27.5 Å². The molecule has 39 heavy (non-hydrogen) atoms. The molecule has 9 heteroatoms. The number of nitrogens with one attached hydrogen (secondary N) is 1. The van der Waals surface area contributed by atoms with Crippen molar-refractivity contribution in [1.29, 1.82) is 0 Å². The number of fused-ring (bicyclic) bond motifs is 2. The number of nitrogens with zero attached hydrogens (tertiary/aromatic N) is 1. The predicted octanol–water partition coefficient (Wildman–Crippen LogP) is 5.26. The SMILES string of the molecule is Cc1c(-c2cc(C(=O)NS(=O)(=O)CCO)c3c(OC(C)c4ccccc4)ccc(C)c3n2)oc2c1CCC=C2. The number of allylic oxidation sites excluding steroid dienone is 1. The van der Waals surface area contributed by atoms with Crippen LogP contribution < -0.4 is 9.46 Å². The Kier molecular flexibility index (Phi) is 7.29. The number of pyridine rings is 1. The average Bonchev–Trinajstić information content (AvgIpc) is 3.26. The highest BCUT2D eigenvalue weighted by molar-refractivity contribution is 7.90. The number of aryl methyl sites for hydroxylation is 1. The number of aliphatic hydroxyl groups excluding tert-OH is 1. The van der Waals surface area contributed by atoms with E-state index in [9.17, 15) is 18.3 Å². The van der Waals surface area contributed by atoms with Crippen molar-refractivity contribution in [1.82, 2.24) is 9.71 Å². The van der Waals surface area contributed by atoms with Crippen molar-refractivity contribution in [3.05, 3.63) is 88.2 Å². The third-order valence-corrected chi connectivity index (χ3v) is 8.13. The van der Waals surface area contributed by atoms with Gasteiger partial charge in [-0.2, -0.15) is 0 Å². The Morgan fingerprint density at radius 1 is 1.18 bits per heavy atom. The lowest BCUT2D eigenvalue weighted by molar-refractivity contribution is 0.0982. The highest BCUT2D eigenvalue weighted by atomic mass is 32.2. The van der Waals surface area contributed by atoms with Crippen molar-refractivity contribution >= 4 is 32.9 Å². The summed E-state index contributed by atoms with van der Waals surface area (Å²) in [6, 6.07) is 14.8. The predicted molar refractivity (Wildman–Crippen MR) is 150 cm³/mol. The highest BCUT2D eigenvalue weighted by Gasteiger charge is 2.26. The molecule has 5 rings (SSSR count). The number of hydrogen-bond donors (Lipinski definition) is 2. The van der Waals surface area contributed by atoms with Gasteiger partial charge in [-0.05, 0) is 62.9 Å². The molecule has 0 radical (unpaired) electrons. The molecular formula is C30H30N2O6S. The number of carbonyl (C=O) groups excluding carboxylic acids is 1. The van der Waals surface area contributed by atoms with Crippen LogP contribution in [0.15, 0.2) is 59.0 Å². The standard InChI is InChI=1S/C30H30N2O6S/c1-18-13-14-26(37-20(3)21-9-5-4-6-10-21)27-23(30(34)32-39(35,36)16-15-33)17-24(31-28(18)27)29-19(2)22-11-7-8-12-25(22)38-29/h4-6,8-10,12-14,17,20,33H,7,11,15-16H2,1-3H3,(H,32,34). The maximum atomic E-state index is 13.5. The van der Waals surface area contributed by atoms with E-state index in [1.165, 1.54) is 0 Å². The minimum absolute atomic E-state index is 0.0831. The second kappa shape index (κ2) is 10.7. The fourth-order valence-corrected chi connectivity index (χ4v) is 5.60. The zero-order valence-electron chi connectivity index (χ0n) is 22.0. The lowest BCUT2D eigenvalue weighted by Gasteiger charge is -2.19. The fourth-order valence-electron chi connectivity index (χ4n) is 4.86. The Morgan fingerprint density at radius 2 is 1.95 bits per heavy atom. The van der Waals surface area contributed by atoms with Gasteiger partial charge in [0.15, 0.2) is 5.76 Å². The molecule has 0 fully saturated rings.